The molecule has 4 N–H and O–H groups in total. The second-order valence-corrected chi connectivity index (χ2v) is 4.23. The van der Waals surface area contributed by atoms with E-state index >= 15 is 0 Å². The first-order valence-electron chi connectivity index (χ1n) is 4.90. The Balaban J connectivity index is 2.59. The van der Waals surface area contributed by atoms with E-state index in [1.807, 2.05) is 0 Å². The van der Waals surface area contributed by atoms with Crippen molar-refractivity contribution in [1.29, 1.82) is 0 Å². The Kier molecular flexibility index (Phi) is 4.94. The van der Waals surface area contributed by atoms with Crippen molar-refractivity contribution in [2.45, 2.75) is 18.9 Å². The maximum absolute atomic E-state index is 11.4. The van der Waals surface area contributed by atoms with Gasteiger partial charge >= 0.3 is 5.97 Å². The van der Waals surface area contributed by atoms with Crippen molar-refractivity contribution < 1.29 is 14.7 Å². The summed E-state index contributed by atoms with van der Waals surface area (Å²) >= 11 is 1.30. The first-order chi connectivity index (χ1) is 7.65. The van der Waals surface area contributed by atoms with Crippen molar-refractivity contribution in [3.63, 3.8) is 0 Å². The summed E-state index contributed by atoms with van der Waals surface area (Å²) in [5, 5.41) is 13.2. The van der Waals surface area contributed by atoms with Crippen LogP contribution in [0.4, 0.5) is 0 Å². The van der Waals surface area contributed by atoms with Crippen molar-refractivity contribution in [2.24, 2.45) is 5.73 Å². The first kappa shape index (κ1) is 12.7. The van der Waals surface area contributed by atoms with Gasteiger partial charge in [0, 0.05) is 11.3 Å². The molecule has 0 aromatic carbocycles. The third kappa shape index (κ3) is 3.63. The average Bonchev–Trinajstić information content (AvgIpc) is 2.75. The fourth-order valence-corrected chi connectivity index (χ4v) is 1.97. The van der Waals surface area contributed by atoms with Crippen LogP contribution < -0.4 is 11.1 Å². The van der Waals surface area contributed by atoms with Gasteiger partial charge in [-0.2, -0.15) is 0 Å². The fraction of sp³-hybridized carbons (Fsp3) is 0.400. The molecular formula is C10H14N2O3S. The van der Waals surface area contributed by atoms with Crippen molar-refractivity contribution in [1.82, 2.24) is 5.32 Å². The summed E-state index contributed by atoms with van der Waals surface area (Å²) in [6.45, 7) is 0.421. The number of carboxylic acids is 1. The number of carboxylic acid groups (broad SMARTS) is 1. The first-order valence-corrected chi connectivity index (χ1v) is 5.78. The van der Waals surface area contributed by atoms with Crippen molar-refractivity contribution in [3.05, 3.63) is 22.4 Å². The number of rotatable bonds is 6. The lowest BCUT2D eigenvalue weighted by Gasteiger charge is -2.12. The fourth-order valence-electron chi connectivity index (χ4n) is 1.21. The third-order valence-electron chi connectivity index (χ3n) is 1.99. The van der Waals surface area contributed by atoms with Crippen LogP contribution in [0.25, 0.3) is 0 Å². The van der Waals surface area contributed by atoms with Crippen LogP contribution in [0.2, 0.25) is 0 Å². The molecule has 0 fully saturated rings. The van der Waals surface area contributed by atoms with Gasteiger partial charge in [0.25, 0.3) is 0 Å². The Morgan fingerprint density at radius 3 is 2.81 bits per heavy atom. The normalized spacial score (nSPS) is 12.1. The quantitative estimate of drug-likeness (QED) is 0.685. The summed E-state index contributed by atoms with van der Waals surface area (Å²) in [6.07, 6.45) is 0.814. The second-order valence-electron chi connectivity index (χ2n) is 3.25. The molecule has 16 heavy (non-hydrogen) atoms. The van der Waals surface area contributed by atoms with Crippen LogP contribution in [0.5, 0.6) is 0 Å². The summed E-state index contributed by atoms with van der Waals surface area (Å²) in [5.41, 5.74) is 5.27. The number of nitrogens with one attached hydrogen (secondary N) is 1. The monoisotopic (exact) mass is 242 g/mol. The van der Waals surface area contributed by atoms with E-state index in [0.717, 1.165) is 0 Å². The number of carbonyl (C=O) groups excluding carboxylic acids is 1. The van der Waals surface area contributed by atoms with Gasteiger partial charge in [-0.1, -0.05) is 6.07 Å². The van der Waals surface area contributed by atoms with E-state index in [2.05, 4.69) is 5.32 Å². The van der Waals surface area contributed by atoms with Gasteiger partial charge in [0.15, 0.2) is 6.04 Å². The molecule has 0 radical (unpaired) electrons. The smallest absolute Gasteiger partial charge is 0.331 e. The lowest BCUT2D eigenvalue weighted by Crippen LogP contribution is -2.33. The minimum atomic E-state index is -1.05. The summed E-state index contributed by atoms with van der Waals surface area (Å²) in [7, 11) is 0. The van der Waals surface area contributed by atoms with Crippen LogP contribution in [0.3, 0.4) is 0 Å². The highest BCUT2D eigenvalue weighted by Crippen LogP contribution is 2.19. The summed E-state index contributed by atoms with van der Waals surface area (Å²) in [5.74, 6) is -1.34. The SMILES string of the molecule is NCCCC(=O)NC(C(=O)O)c1cccs1. The van der Waals surface area contributed by atoms with Gasteiger partial charge < -0.3 is 16.2 Å². The molecule has 0 aliphatic carbocycles. The number of nitrogens with two attached hydrogens (primary N) is 1. The molecule has 0 bridgehead atoms. The minimum absolute atomic E-state index is 0.256. The molecule has 0 spiro atoms. The minimum Gasteiger partial charge on any atom is -0.479 e. The van der Waals surface area contributed by atoms with Crippen LogP contribution in [0, 0.1) is 0 Å². The summed E-state index contributed by atoms with van der Waals surface area (Å²) in [4.78, 5) is 23.0. The number of hydrogen-bond donors (Lipinski definition) is 3. The molecule has 0 aliphatic rings. The maximum Gasteiger partial charge on any atom is 0.331 e. The second kappa shape index (κ2) is 6.24. The Hall–Kier alpha value is -1.40. The van der Waals surface area contributed by atoms with Crippen LogP contribution in [-0.2, 0) is 9.59 Å². The van der Waals surface area contributed by atoms with Crippen molar-refractivity contribution >= 4 is 23.2 Å². The number of carbonyl (C=O) groups is 2. The zero-order valence-electron chi connectivity index (χ0n) is 8.68. The lowest BCUT2D eigenvalue weighted by atomic mass is 10.2. The Morgan fingerprint density at radius 1 is 1.56 bits per heavy atom. The molecule has 1 unspecified atom stereocenters. The Labute approximate surface area is 97.3 Å². The van der Waals surface area contributed by atoms with Gasteiger partial charge in [0.1, 0.15) is 0 Å². The van der Waals surface area contributed by atoms with E-state index in [0.29, 0.717) is 17.8 Å². The largest absolute Gasteiger partial charge is 0.479 e. The summed E-state index contributed by atoms with van der Waals surface area (Å²) in [6, 6.07) is 2.49. The molecule has 1 rings (SSSR count). The summed E-state index contributed by atoms with van der Waals surface area (Å²) < 4.78 is 0. The van der Waals surface area contributed by atoms with Gasteiger partial charge in [-0.05, 0) is 24.4 Å². The van der Waals surface area contributed by atoms with Crippen LogP contribution in [0.15, 0.2) is 17.5 Å². The maximum atomic E-state index is 11.4. The van der Waals surface area contributed by atoms with Gasteiger partial charge in [-0.25, -0.2) is 4.79 Å². The van der Waals surface area contributed by atoms with E-state index in [4.69, 9.17) is 10.8 Å². The predicted molar refractivity (Wildman–Crippen MR) is 61.1 cm³/mol. The van der Waals surface area contributed by atoms with Gasteiger partial charge in [-0.3, -0.25) is 4.79 Å². The zero-order chi connectivity index (χ0) is 12.0. The molecule has 1 atom stereocenters. The molecule has 0 saturated carbocycles. The molecule has 0 aliphatic heterocycles. The molecular weight excluding hydrogens is 228 g/mol. The van der Waals surface area contributed by atoms with E-state index in [1.165, 1.54) is 11.3 Å². The highest BCUT2D eigenvalue weighted by molar-refractivity contribution is 7.10. The third-order valence-corrected chi connectivity index (χ3v) is 2.93. The van der Waals surface area contributed by atoms with Gasteiger partial charge in [-0.15, -0.1) is 11.3 Å². The van der Waals surface area contributed by atoms with Crippen LogP contribution >= 0.6 is 11.3 Å². The Bertz CT molecular complexity index is 351. The van der Waals surface area contributed by atoms with Crippen molar-refractivity contribution in [2.75, 3.05) is 6.54 Å². The van der Waals surface area contributed by atoms with Crippen molar-refractivity contribution in [3.8, 4) is 0 Å². The molecule has 6 heteroatoms. The molecule has 5 nitrogen and oxygen atoms in total. The standard InChI is InChI=1S/C10H14N2O3S/c11-5-1-4-8(13)12-9(10(14)15)7-3-2-6-16-7/h2-3,6,9H,1,4-5,11H2,(H,12,13)(H,14,15). The van der Waals surface area contributed by atoms with E-state index in [1.54, 1.807) is 17.5 Å². The highest BCUT2D eigenvalue weighted by atomic mass is 32.1. The van der Waals surface area contributed by atoms with E-state index < -0.39 is 12.0 Å². The molecule has 1 aromatic heterocycles. The van der Waals surface area contributed by atoms with Gasteiger partial charge in [0.05, 0.1) is 0 Å². The molecule has 1 heterocycles. The van der Waals surface area contributed by atoms with Crippen LogP contribution in [-0.4, -0.2) is 23.5 Å². The topological polar surface area (TPSA) is 92.4 Å². The molecule has 0 saturated heterocycles. The van der Waals surface area contributed by atoms with Crippen LogP contribution in [0.1, 0.15) is 23.8 Å². The molecule has 1 amide bonds. The van der Waals surface area contributed by atoms with E-state index in [9.17, 15) is 9.59 Å². The molecule has 1 aromatic rings. The van der Waals surface area contributed by atoms with Gasteiger partial charge in [0.2, 0.25) is 5.91 Å². The number of thiophene rings is 1. The lowest BCUT2D eigenvalue weighted by molar-refractivity contribution is -0.141. The number of aliphatic carboxylic acids is 1. The highest BCUT2D eigenvalue weighted by Gasteiger charge is 2.22. The zero-order valence-corrected chi connectivity index (χ0v) is 9.50. The Morgan fingerprint density at radius 2 is 2.31 bits per heavy atom. The number of hydrogen-bond acceptors (Lipinski definition) is 4. The van der Waals surface area contributed by atoms with E-state index in [-0.39, 0.29) is 12.3 Å². The predicted octanol–water partition coefficient (Wildman–Crippen LogP) is 0.729. The number of amides is 1. The molecule has 88 valence electrons. The average molecular weight is 242 g/mol.